The Balaban J connectivity index is 1.82. The molecular formula is C19H16N2O5S. The molecule has 0 aliphatic carbocycles. The Morgan fingerprint density at radius 2 is 1.74 bits per heavy atom. The summed E-state index contributed by atoms with van der Waals surface area (Å²) in [7, 11) is -3.92. The monoisotopic (exact) mass is 384 g/mol. The molecule has 8 heteroatoms. The summed E-state index contributed by atoms with van der Waals surface area (Å²) in [5, 5.41) is 12.5. The maximum Gasteiger partial charge on any atom is 0.269 e. The van der Waals surface area contributed by atoms with E-state index in [1.54, 1.807) is 18.2 Å². The van der Waals surface area contributed by atoms with Gasteiger partial charge in [-0.15, -0.1) is 0 Å². The van der Waals surface area contributed by atoms with Gasteiger partial charge in [0.05, 0.1) is 15.9 Å². The molecule has 7 nitrogen and oxygen atoms in total. The SMILES string of the molecule is O=C[C@H](Cc1cccc([N+](=O)[O-])c1)NS(=O)(=O)c1ccc2ccccc2c1. The summed E-state index contributed by atoms with van der Waals surface area (Å²) >= 11 is 0. The van der Waals surface area contributed by atoms with Crippen LogP contribution in [0.3, 0.4) is 0 Å². The Bertz CT molecular complexity index is 1110. The van der Waals surface area contributed by atoms with Gasteiger partial charge in [0.1, 0.15) is 6.29 Å². The molecule has 3 aromatic rings. The van der Waals surface area contributed by atoms with Gasteiger partial charge in [-0.3, -0.25) is 10.1 Å². The van der Waals surface area contributed by atoms with Crippen LogP contribution in [-0.4, -0.2) is 25.7 Å². The summed E-state index contributed by atoms with van der Waals surface area (Å²) in [4.78, 5) is 21.7. The van der Waals surface area contributed by atoms with E-state index in [1.165, 1.54) is 30.3 Å². The summed E-state index contributed by atoms with van der Waals surface area (Å²) in [5.41, 5.74) is 0.372. The zero-order chi connectivity index (χ0) is 19.4. The number of sulfonamides is 1. The summed E-state index contributed by atoms with van der Waals surface area (Å²) in [6, 6.07) is 16.8. The minimum absolute atomic E-state index is 0.0119. The molecule has 0 aliphatic heterocycles. The highest BCUT2D eigenvalue weighted by Crippen LogP contribution is 2.20. The van der Waals surface area contributed by atoms with E-state index in [0.29, 0.717) is 11.8 Å². The number of benzene rings is 3. The van der Waals surface area contributed by atoms with Gasteiger partial charge in [-0.2, -0.15) is 0 Å². The molecule has 0 saturated carbocycles. The Morgan fingerprint density at radius 1 is 1.00 bits per heavy atom. The van der Waals surface area contributed by atoms with Crippen LogP contribution in [0.1, 0.15) is 5.56 Å². The zero-order valence-corrected chi connectivity index (χ0v) is 14.9. The topological polar surface area (TPSA) is 106 Å². The Hall–Kier alpha value is -3.10. The van der Waals surface area contributed by atoms with Gasteiger partial charge in [0, 0.05) is 12.1 Å². The molecule has 0 spiro atoms. The lowest BCUT2D eigenvalue weighted by Crippen LogP contribution is -2.37. The molecule has 0 fully saturated rings. The lowest BCUT2D eigenvalue weighted by molar-refractivity contribution is -0.384. The van der Waals surface area contributed by atoms with Gasteiger partial charge in [0.25, 0.3) is 5.69 Å². The van der Waals surface area contributed by atoms with Crippen molar-refractivity contribution in [3.05, 3.63) is 82.4 Å². The van der Waals surface area contributed by atoms with Crippen LogP contribution in [0, 0.1) is 10.1 Å². The molecule has 0 aromatic heterocycles. The van der Waals surface area contributed by atoms with Crippen molar-refractivity contribution in [3.8, 4) is 0 Å². The molecule has 1 atom stereocenters. The molecule has 3 aromatic carbocycles. The number of non-ortho nitro benzene ring substituents is 1. The molecule has 0 amide bonds. The van der Waals surface area contributed by atoms with Gasteiger partial charge in [0.2, 0.25) is 10.0 Å². The second-order valence-electron chi connectivity index (χ2n) is 6.00. The maximum atomic E-state index is 12.6. The third-order valence-corrected chi connectivity index (χ3v) is 5.57. The van der Waals surface area contributed by atoms with Crippen LogP contribution in [0.25, 0.3) is 10.8 Å². The van der Waals surface area contributed by atoms with E-state index in [9.17, 15) is 23.3 Å². The number of nitro benzene ring substituents is 1. The van der Waals surface area contributed by atoms with Crippen molar-refractivity contribution in [1.29, 1.82) is 0 Å². The third-order valence-electron chi connectivity index (χ3n) is 4.08. The van der Waals surface area contributed by atoms with Crippen LogP contribution >= 0.6 is 0 Å². The van der Waals surface area contributed by atoms with Crippen molar-refractivity contribution in [1.82, 2.24) is 4.72 Å². The van der Waals surface area contributed by atoms with E-state index in [2.05, 4.69) is 4.72 Å². The van der Waals surface area contributed by atoms with Crippen LogP contribution in [0.5, 0.6) is 0 Å². The summed E-state index contributed by atoms with van der Waals surface area (Å²) in [6.07, 6.45) is 0.495. The van der Waals surface area contributed by atoms with E-state index >= 15 is 0 Å². The molecule has 0 radical (unpaired) electrons. The van der Waals surface area contributed by atoms with Crippen LogP contribution < -0.4 is 4.72 Å². The first-order valence-electron chi connectivity index (χ1n) is 8.09. The highest BCUT2D eigenvalue weighted by molar-refractivity contribution is 7.89. The quantitative estimate of drug-likeness (QED) is 0.383. The minimum Gasteiger partial charge on any atom is -0.302 e. The predicted molar refractivity (Wildman–Crippen MR) is 101 cm³/mol. The molecule has 0 unspecified atom stereocenters. The van der Waals surface area contributed by atoms with Gasteiger partial charge in [0.15, 0.2) is 0 Å². The fourth-order valence-electron chi connectivity index (χ4n) is 2.77. The predicted octanol–water partition coefficient (Wildman–Crippen LogP) is 2.84. The fraction of sp³-hybridized carbons (Fsp3) is 0.105. The molecule has 3 rings (SSSR count). The molecule has 1 N–H and O–H groups in total. The molecule has 0 saturated heterocycles. The Kier molecular flexibility index (Phi) is 5.29. The van der Waals surface area contributed by atoms with Gasteiger partial charge < -0.3 is 4.79 Å². The maximum absolute atomic E-state index is 12.6. The minimum atomic E-state index is -3.92. The van der Waals surface area contributed by atoms with Gasteiger partial charge in [-0.25, -0.2) is 13.1 Å². The first-order chi connectivity index (χ1) is 12.9. The van der Waals surface area contributed by atoms with Gasteiger partial charge in [-0.05, 0) is 34.9 Å². The zero-order valence-electron chi connectivity index (χ0n) is 14.1. The van der Waals surface area contributed by atoms with E-state index in [1.807, 2.05) is 18.2 Å². The second-order valence-corrected chi connectivity index (χ2v) is 7.72. The average Bonchev–Trinajstić information content (AvgIpc) is 2.67. The van der Waals surface area contributed by atoms with Crippen LogP contribution in [-0.2, 0) is 21.2 Å². The summed E-state index contributed by atoms with van der Waals surface area (Å²) < 4.78 is 27.6. The second kappa shape index (κ2) is 7.65. The van der Waals surface area contributed by atoms with Crippen molar-refractivity contribution in [3.63, 3.8) is 0 Å². The van der Waals surface area contributed by atoms with Crippen molar-refractivity contribution < 1.29 is 18.1 Å². The first-order valence-corrected chi connectivity index (χ1v) is 9.57. The van der Waals surface area contributed by atoms with Crippen molar-refractivity contribution in [2.75, 3.05) is 0 Å². The number of carbonyl (C=O) groups is 1. The van der Waals surface area contributed by atoms with Crippen molar-refractivity contribution >= 4 is 32.8 Å². The third kappa shape index (κ3) is 4.36. The Morgan fingerprint density at radius 3 is 2.44 bits per heavy atom. The van der Waals surface area contributed by atoms with Gasteiger partial charge >= 0.3 is 0 Å². The molecule has 138 valence electrons. The number of carbonyl (C=O) groups excluding carboxylic acids is 1. The number of aldehydes is 1. The normalized spacial score (nSPS) is 12.6. The molecule has 0 bridgehead atoms. The number of nitrogens with one attached hydrogen (secondary N) is 1. The molecular weight excluding hydrogens is 368 g/mol. The number of rotatable bonds is 7. The van der Waals surface area contributed by atoms with Gasteiger partial charge in [-0.1, -0.05) is 42.5 Å². The number of nitro groups is 1. The highest BCUT2D eigenvalue weighted by atomic mass is 32.2. The largest absolute Gasteiger partial charge is 0.302 e. The number of fused-ring (bicyclic) bond motifs is 1. The molecule has 27 heavy (non-hydrogen) atoms. The van der Waals surface area contributed by atoms with Crippen LogP contribution in [0.2, 0.25) is 0 Å². The lowest BCUT2D eigenvalue weighted by Gasteiger charge is -2.14. The lowest BCUT2D eigenvalue weighted by atomic mass is 10.1. The van der Waals surface area contributed by atoms with Crippen LogP contribution in [0.15, 0.2) is 71.6 Å². The molecule has 0 heterocycles. The van der Waals surface area contributed by atoms with E-state index in [-0.39, 0.29) is 17.0 Å². The summed E-state index contributed by atoms with van der Waals surface area (Å²) in [6.45, 7) is 0. The van der Waals surface area contributed by atoms with Crippen molar-refractivity contribution in [2.45, 2.75) is 17.4 Å². The number of hydrogen-bond donors (Lipinski definition) is 1. The summed E-state index contributed by atoms with van der Waals surface area (Å²) in [5.74, 6) is 0. The van der Waals surface area contributed by atoms with E-state index < -0.39 is 21.0 Å². The van der Waals surface area contributed by atoms with E-state index in [0.717, 1.165) is 10.8 Å². The fourth-order valence-corrected chi connectivity index (χ4v) is 3.97. The molecule has 0 aliphatic rings. The number of nitrogens with zero attached hydrogens (tertiary/aromatic N) is 1. The highest BCUT2D eigenvalue weighted by Gasteiger charge is 2.21. The van der Waals surface area contributed by atoms with E-state index in [4.69, 9.17) is 0 Å². The first kappa shape index (κ1) is 18.7. The standard InChI is InChI=1S/C19H16N2O5S/c22-13-17(10-14-4-3-7-18(11-14)21(23)24)20-27(25,26)19-9-8-15-5-1-2-6-16(15)12-19/h1-9,11-13,17,20H,10H2/t17-/m0/s1. The average molecular weight is 384 g/mol. The Labute approximate surface area is 155 Å². The smallest absolute Gasteiger partial charge is 0.269 e. The number of hydrogen-bond acceptors (Lipinski definition) is 5. The van der Waals surface area contributed by atoms with Crippen LogP contribution in [0.4, 0.5) is 5.69 Å². The van der Waals surface area contributed by atoms with Crippen molar-refractivity contribution in [2.24, 2.45) is 0 Å².